The summed E-state index contributed by atoms with van der Waals surface area (Å²) in [5, 5.41) is 6.39. The van der Waals surface area contributed by atoms with Crippen LogP contribution in [0.1, 0.15) is 32.6 Å². The van der Waals surface area contributed by atoms with Crippen molar-refractivity contribution >= 4 is 11.6 Å². The number of rotatable bonds is 6. The van der Waals surface area contributed by atoms with E-state index in [1.165, 1.54) is 25.7 Å². The van der Waals surface area contributed by atoms with Gasteiger partial charge in [0.1, 0.15) is 11.6 Å². The lowest BCUT2D eigenvalue weighted by Gasteiger charge is -2.15. The molecule has 1 saturated carbocycles. The molecule has 0 saturated heterocycles. The van der Waals surface area contributed by atoms with E-state index in [4.69, 9.17) is 0 Å². The highest BCUT2D eigenvalue weighted by Crippen LogP contribution is 2.49. The molecule has 2 N–H and O–H groups in total. The SMILES string of the molecule is CCCC1(CNc2cncc(NC)n2)CC1. The third-order valence-corrected chi connectivity index (χ3v) is 3.27. The van der Waals surface area contributed by atoms with Gasteiger partial charge in [-0.2, -0.15) is 0 Å². The maximum absolute atomic E-state index is 4.40. The van der Waals surface area contributed by atoms with Crippen LogP contribution in [0.5, 0.6) is 0 Å². The predicted octanol–water partition coefficient (Wildman–Crippen LogP) is 2.51. The first-order chi connectivity index (χ1) is 7.78. The normalized spacial score (nSPS) is 16.9. The van der Waals surface area contributed by atoms with Crippen molar-refractivity contribution in [1.29, 1.82) is 0 Å². The van der Waals surface area contributed by atoms with Crippen LogP contribution < -0.4 is 10.6 Å². The molecule has 0 bridgehead atoms. The molecule has 0 unspecified atom stereocenters. The second kappa shape index (κ2) is 4.68. The number of aromatic nitrogens is 2. The fourth-order valence-corrected chi connectivity index (χ4v) is 2.07. The quantitative estimate of drug-likeness (QED) is 0.773. The third kappa shape index (κ3) is 2.62. The van der Waals surface area contributed by atoms with Gasteiger partial charge in [0.15, 0.2) is 0 Å². The molecule has 1 aromatic rings. The molecule has 1 aliphatic rings. The second-order valence-corrected chi connectivity index (χ2v) is 4.64. The van der Waals surface area contributed by atoms with Gasteiger partial charge in [-0.15, -0.1) is 0 Å². The van der Waals surface area contributed by atoms with E-state index in [1.807, 2.05) is 7.05 Å². The molecule has 16 heavy (non-hydrogen) atoms. The molecule has 0 atom stereocenters. The van der Waals surface area contributed by atoms with Crippen LogP contribution in [0.2, 0.25) is 0 Å². The molecule has 4 heteroatoms. The zero-order valence-electron chi connectivity index (χ0n) is 10.1. The van der Waals surface area contributed by atoms with Gasteiger partial charge in [-0.3, -0.25) is 4.98 Å². The lowest BCUT2D eigenvalue weighted by atomic mass is 10.0. The standard InChI is InChI=1S/C12H20N4/c1-3-4-12(5-6-12)9-15-11-8-14-7-10(13-2)16-11/h7-8H,3-6,9H2,1-2H3,(H2,13,15,16). The summed E-state index contributed by atoms with van der Waals surface area (Å²) in [5.74, 6) is 1.68. The van der Waals surface area contributed by atoms with E-state index in [1.54, 1.807) is 12.4 Å². The zero-order chi connectivity index (χ0) is 11.4. The molecule has 0 amide bonds. The van der Waals surface area contributed by atoms with Crippen molar-refractivity contribution in [3.8, 4) is 0 Å². The minimum Gasteiger partial charge on any atom is -0.372 e. The van der Waals surface area contributed by atoms with Crippen LogP contribution in [-0.4, -0.2) is 23.6 Å². The topological polar surface area (TPSA) is 49.8 Å². The molecule has 4 nitrogen and oxygen atoms in total. The Hall–Kier alpha value is -1.32. The van der Waals surface area contributed by atoms with Gasteiger partial charge in [0, 0.05) is 13.6 Å². The Bertz CT molecular complexity index is 347. The van der Waals surface area contributed by atoms with Crippen molar-refractivity contribution in [2.75, 3.05) is 24.2 Å². The second-order valence-electron chi connectivity index (χ2n) is 4.64. The molecule has 2 rings (SSSR count). The van der Waals surface area contributed by atoms with Crippen molar-refractivity contribution in [1.82, 2.24) is 9.97 Å². The van der Waals surface area contributed by atoms with Crippen LogP contribution in [0.3, 0.4) is 0 Å². The van der Waals surface area contributed by atoms with Crippen molar-refractivity contribution < 1.29 is 0 Å². The highest BCUT2D eigenvalue weighted by Gasteiger charge is 2.41. The van der Waals surface area contributed by atoms with Gasteiger partial charge in [-0.05, 0) is 24.7 Å². The van der Waals surface area contributed by atoms with Crippen LogP contribution >= 0.6 is 0 Å². The van der Waals surface area contributed by atoms with Crippen molar-refractivity contribution in [2.45, 2.75) is 32.6 Å². The summed E-state index contributed by atoms with van der Waals surface area (Å²) < 4.78 is 0. The molecule has 1 aliphatic carbocycles. The molecule has 88 valence electrons. The minimum absolute atomic E-state index is 0.548. The Balaban J connectivity index is 1.89. The van der Waals surface area contributed by atoms with Crippen LogP contribution in [0.25, 0.3) is 0 Å². The highest BCUT2D eigenvalue weighted by atomic mass is 15.1. The summed E-state index contributed by atoms with van der Waals surface area (Å²) in [4.78, 5) is 8.53. The monoisotopic (exact) mass is 220 g/mol. The van der Waals surface area contributed by atoms with Gasteiger partial charge in [0.05, 0.1) is 12.4 Å². The number of anilines is 2. The summed E-state index contributed by atoms with van der Waals surface area (Å²) in [6.45, 7) is 3.28. The molecule has 1 aromatic heterocycles. The lowest BCUT2D eigenvalue weighted by Crippen LogP contribution is -2.16. The fourth-order valence-electron chi connectivity index (χ4n) is 2.07. The largest absolute Gasteiger partial charge is 0.372 e. The van der Waals surface area contributed by atoms with Crippen molar-refractivity contribution in [3.63, 3.8) is 0 Å². The van der Waals surface area contributed by atoms with E-state index in [9.17, 15) is 0 Å². The van der Waals surface area contributed by atoms with Gasteiger partial charge >= 0.3 is 0 Å². The highest BCUT2D eigenvalue weighted by molar-refractivity contribution is 5.41. The van der Waals surface area contributed by atoms with E-state index in [2.05, 4.69) is 27.5 Å². The molecule has 0 radical (unpaired) electrons. The summed E-state index contributed by atoms with van der Waals surface area (Å²) in [5.41, 5.74) is 0.548. The average molecular weight is 220 g/mol. The Labute approximate surface area is 96.9 Å². The summed E-state index contributed by atoms with van der Waals surface area (Å²) in [6.07, 6.45) is 8.80. The van der Waals surface area contributed by atoms with E-state index in [0.29, 0.717) is 5.41 Å². The summed E-state index contributed by atoms with van der Waals surface area (Å²) >= 11 is 0. The Morgan fingerprint density at radius 1 is 1.31 bits per heavy atom. The van der Waals surface area contributed by atoms with E-state index >= 15 is 0 Å². The first kappa shape index (κ1) is 11.2. The molecule has 1 heterocycles. The van der Waals surface area contributed by atoms with E-state index in [-0.39, 0.29) is 0 Å². The maximum Gasteiger partial charge on any atom is 0.146 e. The Morgan fingerprint density at radius 2 is 2.06 bits per heavy atom. The third-order valence-electron chi connectivity index (χ3n) is 3.27. The van der Waals surface area contributed by atoms with E-state index < -0.39 is 0 Å². The van der Waals surface area contributed by atoms with Gasteiger partial charge in [-0.1, -0.05) is 13.3 Å². The summed E-state index contributed by atoms with van der Waals surface area (Å²) in [6, 6.07) is 0. The van der Waals surface area contributed by atoms with Gasteiger partial charge in [0.25, 0.3) is 0 Å². The smallest absolute Gasteiger partial charge is 0.146 e. The first-order valence-electron chi connectivity index (χ1n) is 6.02. The maximum atomic E-state index is 4.40. The molecular weight excluding hydrogens is 200 g/mol. The zero-order valence-corrected chi connectivity index (χ0v) is 10.1. The van der Waals surface area contributed by atoms with Crippen LogP contribution in [0, 0.1) is 5.41 Å². The Kier molecular flexibility index (Phi) is 3.27. The predicted molar refractivity (Wildman–Crippen MR) is 66.6 cm³/mol. The molecule has 0 aliphatic heterocycles. The first-order valence-corrected chi connectivity index (χ1v) is 6.02. The van der Waals surface area contributed by atoms with Crippen molar-refractivity contribution in [3.05, 3.63) is 12.4 Å². The summed E-state index contributed by atoms with van der Waals surface area (Å²) in [7, 11) is 1.85. The fraction of sp³-hybridized carbons (Fsp3) is 0.667. The minimum atomic E-state index is 0.548. The number of hydrogen-bond donors (Lipinski definition) is 2. The van der Waals surface area contributed by atoms with E-state index in [0.717, 1.165) is 18.2 Å². The van der Waals surface area contributed by atoms with Gasteiger partial charge in [-0.25, -0.2) is 4.98 Å². The lowest BCUT2D eigenvalue weighted by molar-refractivity contribution is 0.485. The van der Waals surface area contributed by atoms with Crippen LogP contribution in [0.4, 0.5) is 11.6 Å². The van der Waals surface area contributed by atoms with Gasteiger partial charge in [0.2, 0.25) is 0 Å². The number of nitrogens with zero attached hydrogens (tertiary/aromatic N) is 2. The van der Waals surface area contributed by atoms with Crippen LogP contribution in [-0.2, 0) is 0 Å². The van der Waals surface area contributed by atoms with Gasteiger partial charge < -0.3 is 10.6 Å². The average Bonchev–Trinajstić information content (AvgIpc) is 3.08. The molecule has 0 spiro atoms. The molecule has 0 aromatic carbocycles. The number of nitrogens with one attached hydrogen (secondary N) is 2. The number of hydrogen-bond acceptors (Lipinski definition) is 4. The van der Waals surface area contributed by atoms with Crippen LogP contribution in [0.15, 0.2) is 12.4 Å². The molecular formula is C12H20N4. The van der Waals surface area contributed by atoms with Crippen molar-refractivity contribution in [2.24, 2.45) is 5.41 Å². The Morgan fingerprint density at radius 3 is 2.69 bits per heavy atom. The molecule has 1 fully saturated rings.